The van der Waals surface area contributed by atoms with E-state index in [0.717, 1.165) is 16.3 Å². The summed E-state index contributed by atoms with van der Waals surface area (Å²) >= 11 is 6.30. The van der Waals surface area contributed by atoms with Crippen molar-refractivity contribution in [1.29, 1.82) is 0 Å². The van der Waals surface area contributed by atoms with E-state index in [-0.39, 0.29) is 15.6 Å². The molecule has 3 aromatic carbocycles. The molecule has 0 atom stereocenters. The largest absolute Gasteiger partial charge is 0.490 e. The van der Waals surface area contributed by atoms with Gasteiger partial charge in [0.25, 0.3) is 15.9 Å². The Bertz CT molecular complexity index is 1340. The summed E-state index contributed by atoms with van der Waals surface area (Å²) in [6.07, 6.45) is 2.31. The molecule has 0 spiro atoms. The number of hydrogen-bond acceptors (Lipinski definition) is 6. The zero-order valence-corrected chi connectivity index (χ0v) is 22.6. The number of carbonyl (C=O) groups is 1. The molecule has 0 fully saturated rings. The number of ether oxygens (including phenoxy) is 2. The van der Waals surface area contributed by atoms with Crippen molar-refractivity contribution in [2.24, 2.45) is 5.10 Å². The van der Waals surface area contributed by atoms with Crippen LogP contribution in [0.15, 0.2) is 76.7 Å². The molecule has 0 saturated carbocycles. The number of benzene rings is 3. The molecule has 8 nitrogen and oxygen atoms in total. The Labute approximate surface area is 222 Å². The highest BCUT2D eigenvalue weighted by molar-refractivity contribution is 7.92. The van der Waals surface area contributed by atoms with Gasteiger partial charge >= 0.3 is 0 Å². The number of anilines is 1. The van der Waals surface area contributed by atoms with Crippen LogP contribution in [0.3, 0.4) is 0 Å². The summed E-state index contributed by atoms with van der Waals surface area (Å²) in [6.45, 7) is 6.26. The van der Waals surface area contributed by atoms with E-state index in [1.54, 1.807) is 54.6 Å². The van der Waals surface area contributed by atoms with E-state index in [1.807, 2.05) is 20.8 Å². The number of nitrogens with one attached hydrogen (secondary N) is 1. The SMILES string of the molecule is CCCOc1ccc(/C=N\NC(=O)CN(c2ccccc2Cl)S(=O)(=O)c2ccc(C)cc2)cc1OCC. The van der Waals surface area contributed by atoms with Gasteiger partial charge in [0.15, 0.2) is 11.5 Å². The van der Waals surface area contributed by atoms with Crippen LogP contribution in [0.5, 0.6) is 11.5 Å². The molecule has 0 aliphatic carbocycles. The van der Waals surface area contributed by atoms with Crippen LogP contribution in [0.2, 0.25) is 5.02 Å². The van der Waals surface area contributed by atoms with Gasteiger partial charge in [0.05, 0.1) is 35.0 Å². The first kappa shape index (κ1) is 28.0. The lowest BCUT2D eigenvalue weighted by molar-refractivity contribution is -0.119. The van der Waals surface area contributed by atoms with Crippen molar-refractivity contribution in [2.45, 2.75) is 32.1 Å². The van der Waals surface area contributed by atoms with Crippen molar-refractivity contribution in [3.05, 3.63) is 82.9 Å². The molecule has 1 N–H and O–H groups in total. The number of sulfonamides is 1. The smallest absolute Gasteiger partial charge is 0.264 e. The molecule has 10 heteroatoms. The van der Waals surface area contributed by atoms with Gasteiger partial charge < -0.3 is 9.47 Å². The minimum atomic E-state index is -4.08. The zero-order valence-electron chi connectivity index (χ0n) is 21.0. The highest BCUT2D eigenvalue weighted by Gasteiger charge is 2.28. The Morgan fingerprint density at radius 1 is 1.03 bits per heavy atom. The summed E-state index contributed by atoms with van der Waals surface area (Å²) < 4.78 is 39.2. The summed E-state index contributed by atoms with van der Waals surface area (Å²) in [5.74, 6) is 0.557. The number of amides is 1. The maximum absolute atomic E-state index is 13.5. The number of carbonyl (C=O) groups excluding carboxylic acids is 1. The number of hydrazone groups is 1. The van der Waals surface area contributed by atoms with Crippen LogP contribution in [-0.2, 0) is 14.8 Å². The molecular weight excluding hydrogens is 514 g/mol. The molecule has 0 aromatic heterocycles. The van der Waals surface area contributed by atoms with Gasteiger partial charge in [0.2, 0.25) is 0 Å². The fourth-order valence-corrected chi connectivity index (χ4v) is 5.07. The van der Waals surface area contributed by atoms with Crippen LogP contribution in [0.25, 0.3) is 0 Å². The number of nitrogens with zero attached hydrogens (tertiary/aromatic N) is 2. The van der Waals surface area contributed by atoms with E-state index in [2.05, 4.69) is 10.5 Å². The number of para-hydroxylation sites is 1. The second-order valence-corrected chi connectivity index (χ2v) is 10.3. The van der Waals surface area contributed by atoms with E-state index < -0.39 is 22.5 Å². The van der Waals surface area contributed by atoms with E-state index in [4.69, 9.17) is 21.1 Å². The highest BCUT2D eigenvalue weighted by Crippen LogP contribution is 2.30. The average Bonchev–Trinajstić information content (AvgIpc) is 2.88. The molecule has 1 amide bonds. The lowest BCUT2D eigenvalue weighted by Crippen LogP contribution is -2.39. The van der Waals surface area contributed by atoms with Gasteiger partial charge in [-0.25, -0.2) is 13.8 Å². The number of halogens is 1. The fourth-order valence-electron chi connectivity index (χ4n) is 3.34. The predicted molar refractivity (Wildman–Crippen MR) is 146 cm³/mol. The van der Waals surface area contributed by atoms with Gasteiger partial charge in [0, 0.05) is 0 Å². The highest BCUT2D eigenvalue weighted by atomic mass is 35.5. The van der Waals surface area contributed by atoms with Gasteiger partial charge in [-0.1, -0.05) is 48.4 Å². The first-order valence-electron chi connectivity index (χ1n) is 11.8. The molecule has 0 aliphatic heterocycles. The fraction of sp³-hybridized carbons (Fsp3) is 0.259. The van der Waals surface area contributed by atoms with Crippen molar-refractivity contribution >= 4 is 39.4 Å². The molecule has 0 heterocycles. The van der Waals surface area contributed by atoms with E-state index >= 15 is 0 Å². The van der Waals surface area contributed by atoms with Crippen molar-refractivity contribution < 1.29 is 22.7 Å². The molecule has 0 unspecified atom stereocenters. The van der Waals surface area contributed by atoms with Gasteiger partial charge in [-0.3, -0.25) is 9.10 Å². The summed E-state index contributed by atoms with van der Waals surface area (Å²) in [4.78, 5) is 12.8. The van der Waals surface area contributed by atoms with Crippen molar-refractivity contribution in [2.75, 3.05) is 24.1 Å². The molecular formula is C27H30ClN3O5S. The standard InChI is InChI=1S/C27H30ClN3O5S/c1-4-16-36-25-15-12-21(17-26(25)35-5-2)18-29-30-27(32)19-31(24-9-7-6-8-23(24)28)37(33,34)22-13-10-20(3)11-14-22/h6-15,17-18H,4-5,16,19H2,1-3H3,(H,30,32)/b29-18-. The Balaban J connectivity index is 1.79. The maximum atomic E-state index is 13.5. The van der Waals surface area contributed by atoms with Crippen molar-refractivity contribution in [3.63, 3.8) is 0 Å². The zero-order chi connectivity index (χ0) is 26.8. The first-order valence-corrected chi connectivity index (χ1v) is 13.6. The van der Waals surface area contributed by atoms with Crippen LogP contribution in [0, 0.1) is 6.92 Å². The van der Waals surface area contributed by atoms with Crippen LogP contribution >= 0.6 is 11.6 Å². The minimum absolute atomic E-state index is 0.0446. The topological polar surface area (TPSA) is 97.3 Å². The van der Waals surface area contributed by atoms with Crippen LogP contribution in [0.1, 0.15) is 31.4 Å². The molecule has 37 heavy (non-hydrogen) atoms. The summed E-state index contributed by atoms with van der Waals surface area (Å²) in [5, 5.41) is 4.19. The molecule has 3 rings (SSSR count). The summed E-state index contributed by atoms with van der Waals surface area (Å²) in [7, 11) is -4.08. The molecule has 196 valence electrons. The second-order valence-electron chi connectivity index (χ2n) is 8.06. The van der Waals surface area contributed by atoms with Crippen molar-refractivity contribution in [3.8, 4) is 11.5 Å². The van der Waals surface area contributed by atoms with E-state index in [1.165, 1.54) is 18.3 Å². The van der Waals surface area contributed by atoms with E-state index in [0.29, 0.717) is 30.3 Å². The average molecular weight is 544 g/mol. The van der Waals surface area contributed by atoms with Gasteiger partial charge in [-0.15, -0.1) is 0 Å². The lowest BCUT2D eigenvalue weighted by Gasteiger charge is -2.24. The quantitative estimate of drug-likeness (QED) is 0.251. The monoisotopic (exact) mass is 543 g/mol. The van der Waals surface area contributed by atoms with Crippen LogP contribution in [0.4, 0.5) is 5.69 Å². The van der Waals surface area contributed by atoms with E-state index in [9.17, 15) is 13.2 Å². The van der Waals surface area contributed by atoms with Gasteiger partial charge in [0.1, 0.15) is 6.54 Å². The molecule has 3 aromatic rings. The van der Waals surface area contributed by atoms with Crippen LogP contribution in [-0.4, -0.2) is 40.3 Å². The molecule has 0 radical (unpaired) electrons. The molecule has 0 bridgehead atoms. The maximum Gasteiger partial charge on any atom is 0.264 e. The number of aryl methyl sites for hydroxylation is 1. The predicted octanol–water partition coefficient (Wildman–Crippen LogP) is 5.18. The Kier molecular flexibility index (Phi) is 9.93. The third kappa shape index (κ3) is 7.47. The number of hydrogen-bond donors (Lipinski definition) is 1. The van der Waals surface area contributed by atoms with Crippen LogP contribution < -0.4 is 19.2 Å². The number of rotatable bonds is 12. The second kappa shape index (κ2) is 13.1. The Hall–Kier alpha value is -3.56. The first-order chi connectivity index (χ1) is 17.8. The lowest BCUT2D eigenvalue weighted by atomic mass is 10.2. The Morgan fingerprint density at radius 3 is 2.43 bits per heavy atom. The summed E-state index contributed by atoms with van der Waals surface area (Å²) in [5.41, 5.74) is 4.16. The molecule has 0 saturated heterocycles. The normalized spacial score (nSPS) is 11.4. The Morgan fingerprint density at radius 2 is 1.76 bits per heavy atom. The van der Waals surface area contributed by atoms with Gasteiger partial charge in [-0.05, 0) is 68.3 Å². The van der Waals surface area contributed by atoms with Gasteiger partial charge in [-0.2, -0.15) is 5.10 Å². The minimum Gasteiger partial charge on any atom is -0.490 e. The molecule has 0 aliphatic rings. The third-order valence-electron chi connectivity index (χ3n) is 5.15. The third-order valence-corrected chi connectivity index (χ3v) is 7.24. The van der Waals surface area contributed by atoms with Crippen molar-refractivity contribution in [1.82, 2.24) is 5.43 Å². The summed E-state index contributed by atoms with van der Waals surface area (Å²) in [6, 6.07) is 18.1.